The van der Waals surface area contributed by atoms with Crippen LogP contribution in [0.4, 0.5) is 0 Å². The van der Waals surface area contributed by atoms with Gasteiger partial charge in [-0.1, -0.05) is 30.3 Å². The van der Waals surface area contributed by atoms with Crippen LogP contribution in [-0.2, 0) is 0 Å². The van der Waals surface area contributed by atoms with Crippen molar-refractivity contribution in [1.82, 2.24) is 5.32 Å². The zero-order valence-electron chi connectivity index (χ0n) is 6.57. The molecule has 0 saturated heterocycles. The molecule has 1 aromatic rings. The van der Waals surface area contributed by atoms with Gasteiger partial charge in [-0.3, -0.25) is 0 Å². The first kappa shape index (κ1) is 8.57. The Kier molecular flexibility index (Phi) is 3.12. The Morgan fingerprint density at radius 1 is 1.42 bits per heavy atom. The topological polar surface area (TPSA) is 56.0 Å². The monoisotopic (exact) mass is 162 g/mol. The highest BCUT2D eigenvalue weighted by Crippen LogP contribution is 2.10. The first-order chi connectivity index (χ1) is 5.88. The third-order valence-corrected chi connectivity index (χ3v) is 1.62. The summed E-state index contributed by atoms with van der Waals surface area (Å²) < 4.78 is 0. The van der Waals surface area contributed by atoms with Crippen LogP contribution in [0.2, 0.25) is 0 Å². The van der Waals surface area contributed by atoms with Crippen molar-refractivity contribution in [2.24, 2.45) is 0 Å². The van der Waals surface area contributed by atoms with E-state index in [0.717, 1.165) is 5.56 Å². The summed E-state index contributed by atoms with van der Waals surface area (Å²) in [7, 11) is 0. The fourth-order valence-corrected chi connectivity index (χ4v) is 0.998. The van der Waals surface area contributed by atoms with Gasteiger partial charge in [0.2, 0.25) is 0 Å². The molecule has 0 amide bonds. The molecule has 1 unspecified atom stereocenters. The SMILES string of the molecule is N#CNC(CO)c1ccccc1. The first-order valence-electron chi connectivity index (χ1n) is 3.69. The van der Waals surface area contributed by atoms with E-state index in [9.17, 15) is 0 Å². The Hall–Kier alpha value is -1.53. The maximum absolute atomic E-state index is 8.90. The number of nitriles is 1. The van der Waals surface area contributed by atoms with Gasteiger partial charge in [-0.2, -0.15) is 5.26 Å². The van der Waals surface area contributed by atoms with Crippen molar-refractivity contribution in [1.29, 1.82) is 5.26 Å². The third-order valence-electron chi connectivity index (χ3n) is 1.62. The van der Waals surface area contributed by atoms with Crippen LogP contribution in [0.15, 0.2) is 30.3 Å². The lowest BCUT2D eigenvalue weighted by atomic mass is 10.1. The van der Waals surface area contributed by atoms with Gasteiger partial charge in [0.25, 0.3) is 0 Å². The Balaban J connectivity index is 2.75. The largest absolute Gasteiger partial charge is 0.394 e. The highest BCUT2D eigenvalue weighted by molar-refractivity contribution is 5.19. The van der Waals surface area contributed by atoms with Crippen LogP contribution in [0.3, 0.4) is 0 Å². The van der Waals surface area contributed by atoms with Gasteiger partial charge in [-0.05, 0) is 5.56 Å². The summed E-state index contributed by atoms with van der Waals surface area (Å²) >= 11 is 0. The Labute approximate surface area is 71.3 Å². The molecule has 0 heterocycles. The van der Waals surface area contributed by atoms with E-state index in [4.69, 9.17) is 10.4 Å². The molecule has 0 spiro atoms. The summed E-state index contributed by atoms with van der Waals surface area (Å²) in [5.41, 5.74) is 0.918. The summed E-state index contributed by atoms with van der Waals surface area (Å²) in [6.07, 6.45) is 1.81. The molecular weight excluding hydrogens is 152 g/mol. The predicted molar refractivity (Wildman–Crippen MR) is 45.0 cm³/mol. The van der Waals surface area contributed by atoms with Gasteiger partial charge in [0.1, 0.15) is 0 Å². The molecule has 0 radical (unpaired) electrons. The van der Waals surface area contributed by atoms with Gasteiger partial charge in [0.05, 0.1) is 12.6 Å². The molecule has 0 aliphatic heterocycles. The van der Waals surface area contributed by atoms with Crippen LogP contribution in [0.1, 0.15) is 11.6 Å². The summed E-state index contributed by atoms with van der Waals surface area (Å²) in [5, 5.41) is 19.8. The van der Waals surface area contributed by atoms with Gasteiger partial charge in [0.15, 0.2) is 6.19 Å². The van der Waals surface area contributed by atoms with Crippen LogP contribution in [0, 0.1) is 11.5 Å². The molecular formula is C9H10N2O. The van der Waals surface area contributed by atoms with E-state index in [-0.39, 0.29) is 12.6 Å². The Morgan fingerprint density at radius 2 is 2.08 bits per heavy atom. The van der Waals surface area contributed by atoms with E-state index in [1.165, 1.54) is 0 Å². The van der Waals surface area contributed by atoms with Crippen molar-refractivity contribution in [3.05, 3.63) is 35.9 Å². The van der Waals surface area contributed by atoms with Gasteiger partial charge in [0, 0.05) is 0 Å². The molecule has 0 fully saturated rings. The summed E-state index contributed by atoms with van der Waals surface area (Å²) in [5.74, 6) is 0. The van der Waals surface area contributed by atoms with E-state index in [1.807, 2.05) is 36.5 Å². The Morgan fingerprint density at radius 3 is 2.58 bits per heavy atom. The van der Waals surface area contributed by atoms with E-state index >= 15 is 0 Å². The normalized spacial score (nSPS) is 11.7. The lowest BCUT2D eigenvalue weighted by Crippen LogP contribution is -2.19. The van der Waals surface area contributed by atoms with Crippen LogP contribution in [0.5, 0.6) is 0 Å². The van der Waals surface area contributed by atoms with Gasteiger partial charge >= 0.3 is 0 Å². The van der Waals surface area contributed by atoms with Crippen molar-refractivity contribution in [2.45, 2.75) is 6.04 Å². The first-order valence-corrected chi connectivity index (χ1v) is 3.69. The average Bonchev–Trinajstić information content (AvgIpc) is 2.15. The number of hydrogen-bond acceptors (Lipinski definition) is 3. The maximum atomic E-state index is 8.90. The number of hydrogen-bond donors (Lipinski definition) is 2. The fraction of sp³-hybridized carbons (Fsp3) is 0.222. The van der Waals surface area contributed by atoms with Crippen molar-refractivity contribution < 1.29 is 5.11 Å². The smallest absolute Gasteiger partial charge is 0.177 e. The number of rotatable bonds is 3. The zero-order chi connectivity index (χ0) is 8.81. The Bertz CT molecular complexity index is 266. The predicted octanol–water partition coefficient (Wildman–Crippen LogP) is 0.791. The number of benzene rings is 1. The van der Waals surface area contributed by atoms with Crippen molar-refractivity contribution in [2.75, 3.05) is 6.61 Å². The standard InChI is InChI=1S/C9H10N2O/c10-7-11-9(6-12)8-4-2-1-3-5-8/h1-5,9,11-12H,6H2. The van der Waals surface area contributed by atoms with Crippen molar-refractivity contribution in [3.63, 3.8) is 0 Å². The number of nitrogens with zero attached hydrogens (tertiary/aromatic N) is 1. The van der Waals surface area contributed by atoms with E-state index < -0.39 is 0 Å². The second kappa shape index (κ2) is 4.37. The van der Waals surface area contributed by atoms with Crippen LogP contribution >= 0.6 is 0 Å². The van der Waals surface area contributed by atoms with E-state index in [1.54, 1.807) is 0 Å². The molecule has 62 valence electrons. The molecule has 0 aliphatic carbocycles. The lowest BCUT2D eigenvalue weighted by Gasteiger charge is -2.11. The molecule has 1 aromatic carbocycles. The third kappa shape index (κ3) is 1.97. The van der Waals surface area contributed by atoms with Gasteiger partial charge < -0.3 is 10.4 Å². The number of aliphatic hydroxyl groups is 1. The molecule has 3 nitrogen and oxygen atoms in total. The van der Waals surface area contributed by atoms with Gasteiger partial charge in [-0.25, -0.2) is 0 Å². The minimum absolute atomic E-state index is 0.0719. The summed E-state index contributed by atoms with van der Waals surface area (Å²) in [6, 6.07) is 9.09. The molecule has 12 heavy (non-hydrogen) atoms. The molecule has 0 bridgehead atoms. The molecule has 0 aliphatic rings. The van der Waals surface area contributed by atoms with Crippen molar-refractivity contribution in [3.8, 4) is 6.19 Å². The highest BCUT2D eigenvalue weighted by Gasteiger charge is 2.06. The summed E-state index contributed by atoms with van der Waals surface area (Å²) in [4.78, 5) is 0. The van der Waals surface area contributed by atoms with Gasteiger partial charge in [-0.15, -0.1) is 0 Å². The molecule has 2 N–H and O–H groups in total. The highest BCUT2D eigenvalue weighted by atomic mass is 16.3. The second-order valence-corrected chi connectivity index (χ2v) is 2.40. The molecule has 1 atom stereocenters. The van der Waals surface area contributed by atoms with E-state index in [0.29, 0.717) is 0 Å². The second-order valence-electron chi connectivity index (χ2n) is 2.40. The summed E-state index contributed by atoms with van der Waals surface area (Å²) in [6.45, 7) is -0.0719. The molecule has 0 saturated carbocycles. The van der Waals surface area contributed by atoms with Crippen LogP contribution in [0.25, 0.3) is 0 Å². The fourth-order valence-electron chi connectivity index (χ4n) is 0.998. The molecule has 3 heteroatoms. The van der Waals surface area contributed by atoms with Crippen LogP contribution in [-0.4, -0.2) is 11.7 Å². The lowest BCUT2D eigenvalue weighted by molar-refractivity contribution is 0.256. The number of nitrogens with one attached hydrogen (secondary N) is 1. The quantitative estimate of drug-likeness (QED) is 0.510. The maximum Gasteiger partial charge on any atom is 0.177 e. The minimum Gasteiger partial charge on any atom is -0.394 e. The van der Waals surface area contributed by atoms with Crippen LogP contribution < -0.4 is 5.32 Å². The average molecular weight is 162 g/mol. The molecule has 1 rings (SSSR count). The minimum atomic E-state index is -0.281. The van der Waals surface area contributed by atoms with Crippen molar-refractivity contribution >= 4 is 0 Å². The number of aliphatic hydroxyl groups excluding tert-OH is 1. The molecule has 0 aromatic heterocycles. The zero-order valence-corrected chi connectivity index (χ0v) is 6.57. The van der Waals surface area contributed by atoms with E-state index in [2.05, 4.69) is 5.32 Å².